The van der Waals surface area contributed by atoms with Crippen LogP contribution >= 0.6 is 0 Å². The van der Waals surface area contributed by atoms with Gasteiger partial charge >= 0.3 is 0 Å². The summed E-state index contributed by atoms with van der Waals surface area (Å²) in [6.45, 7) is 0. The van der Waals surface area contributed by atoms with E-state index in [4.69, 9.17) is 0 Å². The van der Waals surface area contributed by atoms with Crippen molar-refractivity contribution in [2.24, 2.45) is 17.8 Å². The van der Waals surface area contributed by atoms with Crippen LogP contribution in [0.3, 0.4) is 0 Å². The molecule has 0 aromatic rings. The molecule has 3 aliphatic rings. The number of hydrogen-bond donors (Lipinski definition) is 1. The lowest BCUT2D eigenvalue weighted by molar-refractivity contribution is -0.121. The van der Waals surface area contributed by atoms with Gasteiger partial charge in [-0.1, -0.05) is 36.5 Å². The van der Waals surface area contributed by atoms with Crippen LogP contribution in [0.15, 0.2) is 36.5 Å². The minimum Gasteiger partial charge on any atom is -0.349 e. The Labute approximate surface area is 77.0 Å². The third kappa shape index (κ3) is 0.916. The van der Waals surface area contributed by atoms with Crippen LogP contribution < -0.4 is 5.32 Å². The second-order valence-corrected chi connectivity index (χ2v) is 3.87. The Hall–Kier alpha value is -1.31. The van der Waals surface area contributed by atoms with Crippen molar-refractivity contribution >= 4 is 5.91 Å². The Balaban J connectivity index is 2.15. The minimum absolute atomic E-state index is 0.0659. The highest BCUT2D eigenvalue weighted by Gasteiger charge is 2.39. The lowest BCUT2D eigenvalue weighted by Crippen LogP contribution is -2.25. The van der Waals surface area contributed by atoms with E-state index < -0.39 is 0 Å². The molecule has 0 aromatic carbocycles. The van der Waals surface area contributed by atoms with Crippen molar-refractivity contribution in [3.63, 3.8) is 0 Å². The molecule has 13 heavy (non-hydrogen) atoms. The molecule has 3 rings (SSSR count). The highest BCUT2D eigenvalue weighted by molar-refractivity contribution is 5.84. The largest absolute Gasteiger partial charge is 0.349 e. The van der Waals surface area contributed by atoms with E-state index in [1.807, 2.05) is 6.08 Å². The summed E-state index contributed by atoms with van der Waals surface area (Å²) in [5.41, 5.74) is 0. The number of carbonyl (C=O) groups is 1. The van der Waals surface area contributed by atoms with Gasteiger partial charge in [-0.2, -0.15) is 0 Å². The van der Waals surface area contributed by atoms with Crippen LogP contribution in [0.25, 0.3) is 0 Å². The normalized spacial score (nSPS) is 44.8. The SMILES string of the molecule is O=C1N[C@H]2C=C[C@@H]3C=C[C@@H]2[C@H]1C=C3. The average molecular weight is 173 g/mol. The smallest absolute Gasteiger partial charge is 0.228 e. The topological polar surface area (TPSA) is 29.1 Å². The number of allylic oxidation sites excluding steroid dienone is 3. The fraction of sp³-hybridized carbons (Fsp3) is 0.364. The molecule has 1 fully saturated rings. The van der Waals surface area contributed by atoms with Crippen molar-refractivity contribution in [1.82, 2.24) is 5.32 Å². The molecule has 1 N–H and O–H groups in total. The first-order valence-electron chi connectivity index (χ1n) is 4.70. The van der Waals surface area contributed by atoms with Gasteiger partial charge in [0.1, 0.15) is 0 Å². The van der Waals surface area contributed by atoms with Gasteiger partial charge in [0.25, 0.3) is 0 Å². The molecule has 1 heterocycles. The second kappa shape index (κ2) is 2.34. The molecule has 2 bridgehead atoms. The van der Waals surface area contributed by atoms with Gasteiger partial charge in [-0.3, -0.25) is 4.79 Å². The molecule has 66 valence electrons. The van der Waals surface area contributed by atoms with Crippen LogP contribution in [-0.4, -0.2) is 11.9 Å². The van der Waals surface area contributed by atoms with Gasteiger partial charge in [-0.15, -0.1) is 0 Å². The first kappa shape index (κ1) is 7.13. The molecule has 0 saturated carbocycles. The number of rotatable bonds is 0. The standard InChI is InChI=1S/C11H11NO/c13-11-9-5-2-7-1-4-8(9)10(12-11)6-3-7/h1-10H,(H,12,13)/t7-,8-,9-,10+/m1/s1. The second-order valence-electron chi connectivity index (χ2n) is 3.87. The van der Waals surface area contributed by atoms with Crippen molar-refractivity contribution in [2.75, 3.05) is 0 Å². The fourth-order valence-electron chi connectivity index (χ4n) is 2.33. The predicted molar refractivity (Wildman–Crippen MR) is 49.8 cm³/mol. The maximum absolute atomic E-state index is 11.5. The molecule has 0 unspecified atom stereocenters. The third-order valence-electron chi connectivity index (χ3n) is 3.08. The summed E-state index contributed by atoms with van der Waals surface area (Å²) in [7, 11) is 0. The van der Waals surface area contributed by atoms with Gasteiger partial charge in [0, 0.05) is 11.8 Å². The molecule has 4 atom stereocenters. The van der Waals surface area contributed by atoms with E-state index in [-0.39, 0.29) is 17.9 Å². The lowest BCUT2D eigenvalue weighted by atomic mass is 9.90. The molecule has 0 aromatic heterocycles. The Morgan fingerprint density at radius 1 is 1.00 bits per heavy atom. The lowest BCUT2D eigenvalue weighted by Gasteiger charge is -2.12. The third-order valence-corrected chi connectivity index (χ3v) is 3.08. The van der Waals surface area contributed by atoms with Gasteiger partial charge in [-0.25, -0.2) is 0 Å². The van der Waals surface area contributed by atoms with Gasteiger partial charge in [0.2, 0.25) is 5.91 Å². The predicted octanol–water partition coefficient (Wildman–Crippen LogP) is 1.03. The van der Waals surface area contributed by atoms with Crippen LogP contribution in [0.4, 0.5) is 0 Å². The summed E-state index contributed by atoms with van der Waals surface area (Å²) in [4.78, 5) is 11.5. The zero-order chi connectivity index (χ0) is 8.84. The fourth-order valence-corrected chi connectivity index (χ4v) is 2.33. The minimum atomic E-state index is 0.0659. The summed E-state index contributed by atoms with van der Waals surface area (Å²) < 4.78 is 0. The molecule has 1 saturated heterocycles. The van der Waals surface area contributed by atoms with Crippen LogP contribution in [-0.2, 0) is 4.79 Å². The quantitative estimate of drug-likeness (QED) is 0.545. The summed E-state index contributed by atoms with van der Waals surface area (Å²) in [6.07, 6.45) is 12.8. The number of hydrogen-bond acceptors (Lipinski definition) is 1. The maximum atomic E-state index is 11.5. The van der Waals surface area contributed by atoms with Crippen LogP contribution in [0.5, 0.6) is 0 Å². The zero-order valence-electron chi connectivity index (χ0n) is 7.18. The highest BCUT2D eigenvalue weighted by Crippen LogP contribution is 2.33. The van der Waals surface area contributed by atoms with Crippen molar-refractivity contribution in [1.29, 1.82) is 0 Å². The van der Waals surface area contributed by atoms with Crippen molar-refractivity contribution in [2.45, 2.75) is 6.04 Å². The number of amides is 1. The Morgan fingerprint density at radius 2 is 1.77 bits per heavy atom. The Kier molecular flexibility index (Phi) is 1.29. The number of carbonyl (C=O) groups excluding carboxylic acids is 1. The van der Waals surface area contributed by atoms with Gasteiger partial charge in [-0.05, 0) is 0 Å². The van der Waals surface area contributed by atoms with E-state index >= 15 is 0 Å². The van der Waals surface area contributed by atoms with Crippen molar-refractivity contribution < 1.29 is 4.79 Å². The molecular formula is C11H11NO. The first-order valence-corrected chi connectivity index (χ1v) is 4.70. The number of nitrogens with one attached hydrogen (secondary N) is 1. The average Bonchev–Trinajstić information content (AvgIpc) is 2.29. The van der Waals surface area contributed by atoms with E-state index in [1.165, 1.54) is 0 Å². The Morgan fingerprint density at radius 3 is 2.69 bits per heavy atom. The van der Waals surface area contributed by atoms with Crippen molar-refractivity contribution in [3.8, 4) is 0 Å². The summed E-state index contributed by atoms with van der Waals surface area (Å²) in [5, 5.41) is 3.00. The van der Waals surface area contributed by atoms with E-state index in [1.54, 1.807) is 0 Å². The molecule has 2 nitrogen and oxygen atoms in total. The number of fused-ring (bicyclic) bond motifs is 1. The van der Waals surface area contributed by atoms with Gasteiger partial charge in [0.15, 0.2) is 0 Å². The van der Waals surface area contributed by atoms with Gasteiger partial charge < -0.3 is 5.32 Å². The molecule has 0 radical (unpaired) electrons. The highest BCUT2D eigenvalue weighted by atomic mass is 16.2. The Bertz CT molecular complexity index is 332. The molecule has 1 aliphatic heterocycles. The van der Waals surface area contributed by atoms with Crippen LogP contribution in [0, 0.1) is 17.8 Å². The van der Waals surface area contributed by atoms with Crippen LogP contribution in [0.2, 0.25) is 0 Å². The molecular weight excluding hydrogens is 162 g/mol. The van der Waals surface area contributed by atoms with E-state index in [0.29, 0.717) is 11.8 Å². The molecule has 2 heteroatoms. The molecule has 0 spiro atoms. The maximum Gasteiger partial charge on any atom is 0.228 e. The zero-order valence-corrected chi connectivity index (χ0v) is 7.18. The van der Waals surface area contributed by atoms with Crippen LogP contribution in [0.1, 0.15) is 0 Å². The molecule has 2 aliphatic carbocycles. The monoisotopic (exact) mass is 173 g/mol. The summed E-state index contributed by atoms with van der Waals surface area (Å²) in [5.74, 6) is 0.969. The summed E-state index contributed by atoms with van der Waals surface area (Å²) in [6, 6.07) is 0.226. The van der Waals surface area contributed by atoms with Crippen molar-refractivity contribution in [3.05, 3.63) is 36.5 Å². The molecule has 1 amide bonds. The van der Waals surface area contributed by atoms with Gasteiger partial charge in [0.05, 0.1) is 12.0 Å². The summed E-state index contributed by atoms with van der Waals surface area (Å²) >= 11 is 0. The van der Waals surface area contributed by atoms with E-state index in [0.717, 1.165) is 0 Å². The van der Waals surface area contributed by atoms with E-state index in [2.05, 4.69) is 35.7 Å². The van der Waals surface area contributed by atoms with E-state index in [9.17, 15) is 4.79 Å². The first-order chi connectivity index (χ1) is 6.34.